The van der Waals surface area contributed by atoms with Crippen molar-refractivity contribution in [2.45, 2.75) is 39.3 Å². The topological polar surface area (TPSA) is 38.3 Å². The summed E-state index contributed by atoms with van der Waals surface area (Å²) in [7, 11) is 1.44. The fourth-order valence-electron chi connectivity index (χ4n) is 1.77. The Morgan fingerprint density at radius 3 is 2.65 bits per heavy atom. The molecule has 96 valence electrons. The molecule has 1 heterocycles. The molecule has 0 saturated carbocycles. The van der Waals surface area contributed by atoms with E-state index < -0.39 is 0 Å². The highest BCUT2D eigenvalue weighted by atomic mass is 32.1. The fraction of sp³-hybridized carbons (Fsp3) is 0.615. The number of thiophene rings is 1. The van der Waals surface area contributed by atoms with E-state index >= 15 is 0 Å². The Balaban J connectivity index is 2.74. The van der Waals surface area contributed by atoms with Gasteiger partial charge in [0, 0.05) is 10.9 Å². The van der Waals surface area contributed by atoms with Crippen molar-refractivity contribution in [2.75, 3.05) is 7.11 Å². The maximum absolute atomic E-state index is 11.7. The minimum Gasteiger partial charge on any atom is -0.468 e. The molecule has 0 aliphatic heterocycles. The van der Waals surface area contributed by atoms with Crippen LogP contribution in [0.25, 0.3) is 0 Å². The molecule has 1 aromatic heterocycles. The molecule has 0 aliphatic rings. The largest absolute Gasteiger partial charge is 0.468 e. The van der Waals surface area contributed by atoms with E-state index in [1.165, 1.54) is 12.0 Å². The molecule has 17 heavy (non-hydrogen) atoms. The maximum Gasteiger partial charge on any atom is 0.323 e. The highest BCUT2D eigenvalue weighted by Crippen LogP contribution is 2.23. The number of esters is 1. The van der Waals surface area contributed by atoms with Gasteiger partial charge in [0.2, 0.25) is 0 Å². The summed E-state index contributed by atoms with van der Waals surface area (Å²) in [6.07, 6.45) is 0.959. The number of ether oxygens (including phenoxy) is 1. The van der Waals surface area contributed by atoms with Gasteiger partial charge in [-0.3, -0.25) is 10.1 Å². The van der Waals surface area contributed by atoms with Crippen molar-refractivity contribution in [3.63, 3.8) is 0 Å². The van der Waals surface area contributed by atoms with Crippen molar-refractivity contribution in [3.05, 3.63) is 22.4 Å². The van der Waals surface area contributed by atoms with Gasteiger partial charge in [0.15, 0.2) is 0 Å². The van der Waals surface area contributed by atoms with Gasteiger partial charge in [-0.1, -0.05) is 26.8 Å². The average Bonchev–Trinajstić information content (AvgIpc) is 2.82. The predicted octanol–water partition coefficient (Wildman–Crippen LogP) is 2.99. The van der Waals surface area contributed by atoms with E-state index in [1.807, 2.05) is 19.9 Å². The molecule has 2 atom stereocenters. The summed E-state index contributed by atoms with van der Waals surface area (Å²) in [6.45, 7) is 6.16. The maximum atomic E-state index is 11.7. The smallest absolute Gasteiger partial charge is 0.323 e. The number of hydrogen-bond acceptors (Lipinski definition) is 4. The van der Waals surface area contributed by atoms with Crippen LogP contribution in [0, 0.1) is 5.92 Å². The van der Waals surface area contributed by atoms with Crippen LogP contribution in [0.4, 0.5) is 0 Å². The monoisotopic (exact) mass is 255 g/mol. The summed E-state index contributed by atoms with van der Waals surface area (Å²) in [5.41, 5.74) is 0. The molecule has 0 radical (unpaired) electrons. The molecular weight excluding hydrogens is 234 g/mol. The lowest BCUT2D eigenvalue weighted by Crippen LogP contribution is -2.43. The Morgan fingerprint density at radius 2 is 2.24 bits per heavy atom. The molecule has 0 aliphatic carbocycles. The second-order valence-corrected chi connectivity index (χ2v) is 5.37. The summed E-state index contributed by atoms with van der Waals surface area (Å²) in [5.74, 6) is 0.0338. The van der Waals surface area contributed by atoms with E-state index in [4.69, 9.17) is 4.74 Å². The van der Waals surface area contributed by atoms with Gasteiger partial charge in [0.1, 0.15) is 6.04 Å². The van der Waals surface area contributed by atoms with Gasteiger partial charge in [-0.2, -0.15) is 0 Å². The van der Waals surface area contributed by atoms with Crippen LogP contribution in [0.5, 0.6) is 0 Å². The highest BCUT2D eigenvalue weighted by Gasteiger charge is 2.26. The van der Waals surface area contributed by atoms with Crippen molar-refractivity contribution in [3.8, 4) is 0 Å². The molecule has 0 aromatic carbocycles. The van der Waals surface area contributed by atoms with Crippen molar-refractivity contribution in [2.24, 2.45) is 5.92 Å². The normalized spacial score (nSPS) is 14.6. The minimum atomic E-state index is -0.243. The number of methoxy groups -OCH3 is 1. The van der Waals surface area contributed by atoms with Gasteiger partial charge in [0.05, 0.1) is 7.11 Å². The van der Waals surface area contributed by atoms with Gasteiger partial charge in [-0.05, 0) is 23.8 Å². The zero-order valence-corrected chi connectivity index (χ0v) is 11.7. The lowest BCUT2D eigenvalue weighted by atomic mass is 10.0. The number of hydrogen-bond donors (Lipinski definition) is 1. The first kappa shape index (κ1) is 14.2. The molecule has 4 heteroatoms. The van der Waals surface area contributed by atoms with E-state index in [0.29, 0.717) is 0 Å². The van der Waals surface area contributed by atoms with Gasteiger partial charge in [0.25, 0.3) is 0 Å². The first-order valence-electron chi connectivity index (χ1n) is 5.97. The van der Waals surface area contributed by atoms with Crippen LogP contribution in [0.2, 0.25) is 0 Å². The fourth-order valence-corrected chi connectivity index (χ4v) is 2.64. The lowest BCUT2D eigenvalue weighted by Gasteiger charge is -2.25. The van der Waals surface area contributed by atoms with Crippen molar-refractivity contribution in [1.82, 2.24) is 5.32 Å². The van der Waals surface area contributed by atoms with Crippen LogP contribution < -0.4 is 5.32 Å². The number of nitrogens with one attached hydrogen (secondary N) is 1. The van der Waals surface area contributed by atoms with Crippen LogP contribution >= 0.6 is 11.3 Å². The van der Waals surface area contributed by atoms with E-state index in [9.17, 15) is 4.79 Å². The SMILES string of the molecule is CCC(N[C@H](C(=O)OC)C(C)C)c1cccs1. The van der Waals surface area contributed by atoms with Crippen molar-refractivity contribution >= 4 is 17.3 Å². The molecule has 1 unspecified atom stereocenters. The first-order valence-corrected chi connectivity index (χ1v) is 6.85. The average molecular weight is 255 g/mol. The van der Waals surface area contributed by atoms with Crippen LogP contribution in [-0.2, 0) is 9.53 Å². The molecule has 0 amide bonds. The molecule has 1 rings (SSSR count). The third kappa shape index (κ3) is 3.82. The summed E-state index contributed by atoms with van der Waals surface area (Å²) < 4.78 is 4.84. The Bertz CT molecular complexity index is 335. The Kier molecular flexibility index (Phi) is 5.65. The van der Waals surface area contributed by atoms with Gasteiger partial charge in [-0.25, -0.2) is 0 Å². The second-order valence-electron chi connectivity index (χ2n) is 4.39. The van der Waals surface area contributed by atoms with Crippen molar-refractivity contribution < 1.29 is 9.53 Å². The summed E-state index contributed by atoms with van der Waals surface area (Å²) in [5, 5.41) is 5.45. The van der Waals surface area contributed by atoms with E-state index in [-0.39, 0.29) is 24.0 Å². The zero-order chi connectivity index (χ0) is 12.8. The van der Waals surface area contributed by atoms with Crippen LogP contribution in [0.15, 0.2) is 17.5 Å². The Labute approximate surface area is 107 Å². The summed E-state index contributed by atoms with van der Waals surface area (Å²) in [6, 6.07) is 4.11. The Hall–Kier alpha value is -0.870. The predicted molar refractivity (Wildman–Crippen MR) is 71.1 cm³/mol. The molecular formula is C13H21NO2S. The lowest BCUT2D eigenvalue weighted by molar-refractivity contribution is -0.144. The molecule has 0 spiro atoms. The van der Waals surface area contributed by atoms with Crippen LogP contribution in [0.3, 0.4) is 0 Å². The standard InChI is InChI=1S/C13H21NO2S/c1-5-10(11-7-6-8-17-11)14-12(9(2)3)13(15)16-4/h6-10,12,14H,5H2,1-4H3/t10?,12-/m0/s1. The third-order valence-corrected chi connectivity index (χ3v) is 3.78. The number of carbonyl (C=O) groups is 1. The molecule has 3 nitrogen and oxygen atoms in total. The molecule has 0 fully saturated rings. The molecule has 0 bridgehead atoms. The van der Waals surface area contributed by atoms with E-state index in [2.05, 4.69) is 23.7 Å². The summed E-state index contributed by atoms with van der Waals surface area (Å²) in [4.78, 5) is 13.0. The summed E-state index contributed by atoms with van der Waals surface area (Å²) >= 11 is 1.71. The van der Waals surface area contributed by atoms with Crippen LogP contribution in [-0.4, -0.2) is 19.1 Å². The molecule has 0 saturated heterocycles. The van der Waals surface area contributed by atoms with Gasteiger partial charge >= 0.3 is 5.97 Å². The van der Waals surface area contributed by atoms with Crippen molar-refractivity contribution in [1.29, 1.82) is 0 Å². The number of carbonyl (C=O) groups excluding carboxylic acids is 1. The molecule has 1 N–H and O–H groups in total. The number of rotatable bonds is 6. The van der Waals surface area contributed by atoms with Crippen LogP contribution in [0.1, 0.15) is 38.1 Å². The first-order chi connectivity index (χ1) is 8.10. The zero-order valence-electron chi connectivity index (χ0n) is 10.9. The highest BCUT2D eigenvalue weighted by molar-refractivity contribution is 7.10. The van der Waals surface area contributed by atoms with E-state index in [1.54, 1.807) is 11.3 Å². The Morgan fingerprint density at radius 1 is 1.53 bits per heavy atom. The third-order valence-electron chi connectivity index (χ3n) is 2.80. The molecule has 1 aromatic rings. The van der Waals surface area contributed by atoms with Gasteiger partial charge < -0.3 is 4.74 Å². The minimum absolute atomic E-state index is 0.185. The van der Waals surface area contributed by atoms with E-state index in [0.717, 1.165) is 6.42 Å². The van der Waals surface area contributed by atoms with Gasteiger partial charge in [-0.15, -0.1) is 11.3 Å². The second kappa shape index (κ2) is 6.77. The quantitative estimate of drug-likeness (QED) is 0.794.